The smallest absolute Gasteiger partial charge is 0.280 e. The van der Waals surface area contributed by atoms with Gasteiger partial charge >= 0.3 is 0 Å². The minimum Gasteiger partial charge on any atom is -0.343 e. The van der Waals surface area contributed by atoms with E-state index in [9.17, 15) is 4.79 Å². The summed E-state index contributed by atoms with van der Waals surface area (Å²) >= 11 is 7.74. The minimum atomic E-state index is -0.241. The molecule has 0 aromatic carbocycles. The summed E-state index contributed by atoms with van der Waals surface area (Å²) in [4.78, 5) is 25.1. The van der Waals surface area contributed by atoms with Crippen LogP contribution in [0.4, 0.5) is 11.5 Å². The average molecular weight is 450 g/mol. The van der Waals surface area contributed by atoms with Gasteiger partial charge in [0.2, 0.25) is 0 Å². The molecule has 0 aliphatic heterocycles. The Morgan fingerprint density at radius 1 is 1.31 bits per heavy atom. The van der Waals surface area contributed by atoms with E-state index in [4.69, 9.17) is 11.6 Å². The lowest BCUT2D eigenvalue weighted by Crippen LogP contribution is -2.28. The summed E-state index contributed by atoms with van der Waals surface area (Å²) < 4.78 is 0. The van der Waals surface area contributed by atoms with Crippen LogP contribution in [0.5, 0.6) is 0 Å². The summed E-state index contributed by atoms with van der Waals surface area (Å²) in [6.45, 7) is 5.68. The summed E-state index contributed by atoms with van der Waals surface area (Å²) in [7, 11) is 0. The molecule has 2 N–H and O–H groups in total. The molecule has 0 aliphatic rings. The van der Waals surface area contributed by atoms with E-state index >= 15 is 0 Å². The number of allylic oxidation sites excluding steroid dienone is 1. The van der Waals surface area contributed by atoms with Crippen LogP contribution in [0.15, 0.2) is 54.8 Å². The van der Waals surface area contributed by atoms with Gasteiger partial charge in [0.15, 0.2) is 5.01 Å². The fourth-order valence-electron chi connectivity index (χ4n) is 2.58. The number of aromatic nitrogens is 3. The van der Waals surface area contributed by atoms with E-state index in [1.807, 2.05) is 31.2 Å². The number of amides is 1. The van der Waals surface area contributed by atoms with Gasteiger partial charge in [0, 0.05) is 23.5 Å². The number of hydrogen-bond donors (Lipinski definition) is 2. The molecular formula is C20H21Cl2N5OS. The highest BCUT2D eigenvalue weighted by Gasteiger charge is 2.18. The molecule has 3 rings (SSSR count). The lowest BCUT2D eigenvalue weighted by atomic mass is 10.0. The number of aryl methyl sites for hydroxylation is 1. The quantitative estimate of drug-likeness (QED) is 0.443. The summed E-state index contributed by atoms with van der Waals surface area (Å²) in [6.07, 6.45) is 8.30. The van der Waals surface area contributed by atoms with Crippen LogP contribution in [0.1, 0.15) is 39.9 Å². The van der Waals surface area contributed by atoms with Crippen LogP contribution in [-0.2, 0) is 0 Å². The Hall–Kier alpha value is -2.48. The predicted molar refractivity (Wildman–Crippen MR) is 121 cm³/mol. The zero-order valence-corrected chi connectivity index (χ0v) is 18.2. The van der Waals surface area contributed by atoms with Crippen molar-refractivity contribution < 1.29 is 4.79 Å². The molecular weight excluding hydrogens is 429 g/mol. The van der Waals surface area contributed by atoms with Crippen LogP contribution in [-0.4, -0.2) is 20.9 Å². The summed E-state index contributed by atoms with van der Waals surface area (Å²) in [5, 5.41) is 8.82. The molecule has 9 heteroatoms. The Bertz CT molecular complexity index is 948. The van der Waals surface area contributed by atoms with Gasteiger partial charge in [0.1, 0.15) is 5.82 Å². The molecule has 0 saturated carbocycles. The molecule has 0 saturated heterocycles. The number of thiazole rings is 1. The van der Waals surface area contributed by atoms with Crippen molar-refractivity contribution in [1.29, 1.82) is 0 Å². The SMILES string of the molecule is C=CCC[C@@H](NC(=O)c1nccs1)c1cnc(Nc2ccc(C)nc2)c(Cl)c1.Cl. The Morgan fingerprint density at radius 3 is 2.76 bits per heavy atom. The van der Waals surface area contributed by atoms with E-state index < -0.39 is 0 Å². The van der Waals surface area contributed by atoms with Crippen LogP contribution in [0.2, 0.25) is 5.02 Å². The first kappa shape index (κ1) is 22.8. The number of nitrogens with one attached hydrogen (secondary N) is 2. The summed E-state index contributed by atoms with van der Waals surface area (Å²) in [6, 6.07) is 5.39. The topological polar surface area (TPSA) is 79.8 Å². The van der Waals surface area contributed by atoms with E-state index in [0.717, 1.165) is 23.4 Å². The third kappa shape index (κ3) is 6.25. The zero-order chi connectivity index (χ0) is 19.9. The number of rotatable bonds is 8. The molecule has 0 spiro atoms. The third-order valence-corrected chi connectivity index (χ3v) is 5.09. The number of carbonyl (C=O) groups excluding carboxylic acids is 1. The van der Waals surface area contributed by atoms with Crippen molar-refractivity contribution >= 4 is 52.8 Å². The van der Waals surface area contributed by atoms with Crippen molar-refractivity contribution in [2.24, 2.45) is 0 Å². The number of pyridine rings is 2. The molecule has 152 valence electrons. The molecule has 1 atom stereocenters. The highest BCUT2D eigenvalue weighted by molar-refractivity contribution is 7.11. The molecule has 1 amide bonds. The fraction of sp³-hybridized carbons (Fsp3) is 0.200. The van der Waals surface area contributed by atoms with Crippen LogP contribution in [0, 0.1) is 6.92 Å². The van der Waals surface area contributed by atoms with E-state index in [1.165, 1.54) is 11.3 Å². The first-order valence-electron chi connectivity index (χ1n) is 8.73. The molecule has 6 nitrogen and oxygen atoms in total. The second-order valence-corrected chi connectivity index (χ2v) is 7.44. The van der Waals surface area contributed by atoms with E-state index in [1.54, 1.807) is 24.0 Å². The molecule has 0 radical (unpaired) electrons. The van der Waals surface area contributed by atoms with E-state index in [-0.39, 0.29) is 24.4 Å². The van der Waals surface area contributed by atoms with Gasteiger partial charge in [-0.3, -0.25) is 9.78 Å². The molecule has 3 aromatic heterocycles. The Morgan fingerprint density at radius 2 is 2.14 bits per heavy atom. The molecule has 0 unspecified atom stereocenters. The standard InChI is InChI=1S/C20H20ClN5OS.ClH/c1-3-4-5-17(26-19(27)20-22-8-9-28-20)14-10-16(21)18(24-11-14)25-15-7-6-13(2)23-12-15;/h3,6-12,17H,1,4-5H2,2H3,(H,24,25)(H,26,27);1H/t17-;/m1./s1. The van der Waals surface area contributed by atoms with Crippen molar-refractivity contribution in [1.82, 2.24) is 20.3 Å². The number of nitrogens with zero attached hydrogens (tertiary/aromatic N) is 3. The number of carbonyl (C=O) groups is 1. The van der Waals surface area contributed by atoms with Crippen LogP contribution < -0.4 is 10.6 Å². The van der Waals surface area contributed by atoms with E-state index in [0.29, 0.717) is 22.3 Å². The molecule has 0 aliphatic carbocycles. The van der Waals surface area contributed by atoms with Crippen LogP contribution >= 0.6 is 35.3 Å². The molecule has 3 aromatic rings. The van der Waals surface area contributed by atoms with Crippen LogP contribution in [0.25, 0.3) is 0 Å². The monoisotopic (exact) mass is 449 g/mol. The Labute approximate surface area is 184 Å². The predicted octanol–water partition coefficient (Wildman–Crippen LogP) is 5.50. The largest absolute Gasteiger partial charge is 0.343 e. The highest BCUT2D eigenvalue weighted by atomic mass is 35.5. The van der Waals surface area contributed by atoms with Gasteiger partial charge in [-0.2, -0.15) is 0 Å². The van der Waals surface area contributed by atoms with Gasteiger partial charge < -0.3 is 10.6 Å². The van der Waals surface area contributed by atoms with Gasteiger partial charge in [-0.15, -0.1) is 30.3 Å². The van der Waals surface area contributed by atoms with Crippen molar-refractivity contribution in [2.45, 2.75) is 25.8 Å². The molecule has 3 heterocycles. The van der Waals surface area contributed by atoms with Crippen LogP contribution in [0.3, 0.4) is 0 Å². The van der Waals surface area contributed by atoms with Gasteiger partial charge in [-0.05, 0) is 43.5 Å². The summed E-state index contributed by atoms with van der Waals surface area (Å²) in [5.74, 6) is 0.318. The second-order valence-electron chi connectivity index (χ2n) is 6.14. The highest BCUT2D eigenvalue weighted by Crippen LogP contribution is 2.28. The molecule has 29 heavy (non-hydrogen) atoms. The first-order chi connectivity index (χ1) is 13.6. The lowest BCUT2D eigenvalue weighted by molar-refractivity contribution is 0.0934. The van der Waals surface area contributed by atoms with Crippen molar-refractivity contribution in [2.75, 3.05) is 5.32 Å². The molecule has 0 bridgehead atoms. The maximum absolute atomic E-state index is 12.4. The fourth-order valence-corrected chi connectivity index (χ4v) is 3.34. The zero-order valence-electron chi connectivity index (χ0n) is 15.8. The van der Waals surface area contributed by atoms with Gasteiger partial charge in [0.05, 0.1) is 22.9 Å². The van der Waals surface area contributed by atoms with Gasteiger partial charge in [-0.1, -0.05) is 17.7 Å². The normalized spacial score (nSPS) is 11.2. The lowest BCUT2D eigenvalue weighted by Gasteiger charge is -2.19. The average Bonchev–Trinajstić information content (AvgIpc) is 3.23. The second kappa shape index (κ2) is 10.9. The van der Waals surface area contributed by atoms with Gasteiger partial charge in [-0.25, -0.2) is 9.97 Å². The number of hydrogen-bond acceptors (Lipinski definition) is 6. The Kier molecular flexibility index (Phi) is 8.57. The maximum atomic E-state index is 12.4. The maximum Gasteiger partial charge on any atom is 0.280 e. The Balaban J connectivity index is 0.00000300. The third-order valence-electron chi connectivity index (χ3n) is 4.03. The van der Waals surface area contributed by atoms with Gasteiger partial charge in [0.25, 0.3) is 5.91 Å². The van der Waals surface area contributed by atoms with Crippen molar-refractivity contribution in [3.8, 4) is 0 Å². The van der Waals surface area contributed by atoms with Crippen molar-refractivity contribution in [3.63, 3.8) is 0 Å². The summed E-state index contributed by atoms with van der Waals surface area (Å²) in [5.41, 5.74) is 2.55. The number of halogens is 2. The number of anilines is 2. The van der Waals surface area contributed by atoms with Crippen molar-refractivity contribution in [3.05, 3.63) is 76.1 Å². The minimum absolute atomic E-state index is 0. The molecule has 0 fully saturated rings. The first-order valence-corrected chi connectivity index (χ1v) is 9.99. The van der Waals surface area contributed by atoms with E-state index in [2.05, 4.69) is 32.2 Å².